The molecular formula is C29H33NO5S. The minimum absolute atomic E-state index is 0.0290. The molecule has 1 atom stereocenters. The van der Waals surface area contributed by atoms with Crippen LogP contribution >= 0.6 is 0 Å². The van der Waals surface area contributed by atoms with E-state index in [1.54, 1.807) is 36.4 Å². The van der Waals surface area contributed by atoms with Gasteiger partial charge in [-0.3, -0.25) is 9.59 Å². The van der Waals surface area contributed by atoms with Crippen LogP contribution in [0.15, 0.2) is 89.8 Å². The smallest absolute Gasteiger partial charge is 0.321 e. The van der Waals surface area contributed by atoms with Gasteiger partial charge in [0.15, 0.2) is 5.78 Å². The molecule has 0 amide bonds. The molecule has 0 unspecified atom stereocenters. The van der Waals surface area contributed by atoms with Gasteiger partial charge in [0, 0.05) is 18.0 Å². The molecule has 0 aromatic heterocycles. The highest BCUT2D eigenvalue weighted by atomic mass is 32.2. The molecule has 3 aromatic rings. The van der Waals surface area contributed by atoms with Crippen LogP contribution in [0, 0.1) is 12.3 Å². The van der Waals surface area contributed by atoms with Gasteiger partial charge in [-0.05, 0) is 30.0 Å². The van der Waals surface area contributed by atoms with Gasteiger partial charge < -0.3 is 4.74 Å². The number of benzene rings is 3. The van der Waals surface area contributed by atoms with Crippen LogP contribution in [0.5, 0.6) is 0 Å². The van der Waals surface area contributed by atoms with Crippen LogP contribution in [0.2, 0.25) is 0 Å². The van der Waals surface area contributed by atoms with E-state index >= 15 is 0 Å². The third-order valence-electron chi connectivity index (χ3n) is 5.98. The average Bonchev–Trinajstić information content (AvgIpc) is 2.85. The normalized spacial score (nSPS) is 12.8. The molecule has 0 saturated heterocycles. The third kappa shape index (κ3) is 7.12. The number of sulfonamides is 1. The number of hydrogen-bond acceptors (Lipinski definition) is 5. The van der Waals surface area contributed by atoms with Crippen molar-refractivity contribution in [2.75, 3.05) is 6.54 Å². The van der Waals surface area contributed by atoms with Crippen LogP contribution in [-0.4, -0.2) is 37.1 Å². The monoisotopic (exact) mass is 507 g/mol. The summed E-state index contributed by atoms with van der Waals surface area (Å²) >= 11 is 0. The van der Waals surface area contributed by atoms with Crippen molar-refractivity contribution in [3.8, 4) is 0 Å². The number of ketones is 1. The zero-order valence-electron chi connectivity index (χ0n) is 21.2. The Hall–Kier alpha value is -3.29. The second-order valence-corrected chi connectivity index (χ2v) is 11.8. The lowest BCUT2D eigenvalue weighted by Gasteiger charge is -2.38. The highest BCUT2D eigenvalue weighted by Crippen LogP contribution is 2.32. The van der Waals surface area contributed by atoms with Crippen molar-refractivity contribution in [1.29, 1.82) is 0 Å². The number of rotatable bonds is 10. The van der Waals surface area contributed by atoms with Crippen LogP contribution in [0.1, 0.15) is 48.7 Å². The Labute approximate surface area is 214 Å². The summed E-state index contributed by atoms with van der Waals surface area (Å²) in [5.74, 6) is -0.881. The van der Waals surface area contributed by atoms with Crippen molar-refractivity contribution >= 4 is 21.8 Å². The molecule has 3 rings (SSSR count). The SMILES string of the molecule is Cc1ccc(S(=O)(=O)N(CC(=O)OCc2ccccc2)[C@H](CC(=O)c2ccccc2)C(C)(C)C)cc1. The first kappa shape index (κ1) is 27.3. The molecular weight excluding hydrogens is 474 g/mol. The standard InChI is InChI=1S/C29H33NO5S/c1-22-15-17-25(18-16-22)36(33,34)30(20-28(32)35-21-23-11-7-5-8-12-23)27(29(2,3)4)19-26(31)24-13-9-6-10-14-24/h5-18,27H,19-21H2,1-4H3/t27-/m1/s1. The van der Waals surface area contributed by atoms with Crippen molar-refractivity contribution in [2.24, 2.45) is 5.41 Å². The average molecular weight is 508 g/mol. The largest absolute Gasteiger partial charge is 0.460 e. The first-order valence-corrected chi connectivity index (χ1v) is 13.3. The van der Waals surface area contributed by atoms with Crippen LogP contribution < -0.4 is 0 Å². The van der Waals surface area contributed by atoms with Gasteiger partial charge in [0.05, 0.1) is 4.90 Å². The zero-order valence-corrected chi connectivity index (χ0v) is 22.0. The van der Waals surface area contributed by atoms with E-state index in [4.69, 9.17) is 4.74 Å². The molecule has 190 valence electrons. The Kier molecular flexibility index (Phi) is 8.82. The van der Waals surface area contributed by atoms with E-state index in [1.165, 1.54) is 12.1 Å². The molecule has 0 spiro atoms. The molecule has 0 aliphatic heterocycles. The molecule has 0 radical (unpaired) electrons. The predicted molar refractivity (Wildman–Crippen MR) is 140 cm³/mol. The summed E-state index contributed by atoms with van der Waals surface area (Å²) < 4.78 is 34.3. The summed E-state index contributed by atoms with van der Waals surface area (Å²) in [4.78, 5) is 26.2. The molecule has 3 aromatic carbocycles. The molecule has 7 heteroatoms. The van der Waals surface area contributed by atoms with Gasteiger partial charge in [-0.15, -0.1) is 0 Å². The molecule has 0 aliphatic carbocycles. The second kappa shape index (κ2) is 11.6. The van der Waals surface area contributed by atoms with E-state index in [9.17, 15) is 18.0 Å². The molecule has 36 heavy (non-hydrogen) atoms. The maximum Gasteiger partial charge on any atom is 0.321 e. The number of carbonyl (C=O) groups is 2. The van der Waals surface area contributed by atoms with Gasteiger partial charge >= 0.3 is 5.97 Å². The number of aryl methyl sites for hydroxylation is 1. The summed E-state index contributed by atoms with van der Waals surface area (Å²) in [6.07, 6.45) is -0.0788. The van der Waals surface area contributed by atoms with Crippen molar-refractivity contribution in [2.45, 2.75) is 51.7 Å². The van der Waals surface area contributed by atoms with Gasteiger partial charge in [0.2, 0.25) is 10.0 Å². The maximum atomic E-state index is 13.9. The van der Waals surface area contributed by atoms with Gasteiger partial charge in [-0.25, -0.2) is 8.42 Å². The fraction of sp³-hybridized carbons (Fsp3) is 0.310. The number of Topliss-reactive ketones (excluding diaryl/α,β-unsaturated/α-hetero) is 1. The molecule has 0 aliphatic rings. The zero-order chi connectivity index (χ0) is 26.3. The van der Waals surface area contributed by atoms with Crippen molar-refractivity contribution < 1.29 is 22.7 Å². The van der Waals surface area contributed by atoms with E-state index in [0.717, 1.165) is 15.4 Å². The Morgan fingerprint density at radius 2 is 1.42 bits per heavy atom. The highest BCUT2D eigenvalue weighted by Gasteiger charge is 2.41. The molecule has 0 heterocycles. The van der Waals surface area contributed by atoms with Crippen LogP contribution in [0.3, 0.4) is 0 Å². The lowest BCUT2D eigenvalue weighted by molar-refractivity contribution is -0.145. The Morgan fingerprint density at radius 1 is 0.861 bits per heavy atom. The van der Waals surface area contributed by atoms with Crippen LogP contribution in [0.4, 0.5) is 0 Å². The van der Waals surface area contributed by atoms with Crippen molar-refractivity contribution in [1.82, 2.24) is 4.31 Å². The van der Waals surface area contributed by atoms with Crippen molar-refractivity contribution in [3.63, 3.8) is 0 Å². The minimum atomic E-state index is -4.13. The number of ether oxygens (including phenoxy) is 1. The first-order valence-electron chi connectivity index (χ1n) is 11.8. The highest BCUT2D eigenvalue weighted by molar-refractivity contribution is 7.89. The fourth-order valence-corrected chi connectivity index (χ4v) is 5.63. The Morgan fingerprint density at radius 3 is 1.97 bits per heavy atom. The summed E-state index contributed by atoms with van der Waals surface area (Å²) in [5.41, 5.74) is 1.55. The quantitative estimate of drug-likeness (QED) is 0.271. The number of esters is 1. The second-order valence-electron chi connectivity index (χ2n) is 9.88. The number of nitrogens with zero attached hydrogens (tertiary/aromatic N) is 1. The Balaban J connectivity index is 1.95. The number of carbonyl (C=O) groups excluding carboxylic acids is 2. The minimum Gasteiger partial charge on any atom is -0.460 e. The molecule has 6 nitrogen and oxygen atoms in total. The van der Waals surface area contributed by atoms with Crippen molar-refractivity contribution in [3.05, 3.63) is 102 Å². The van der Waals surface area contributed by atoms with E-state index < -0.39 is 34.0 Å². The molecule has 0 saturated carbocycles. The summed E-state index contributed by atoms with van der Waals surface area (Å²) in [6.45, 7) is 6.98. The third-order valence-corrected chi connectivity index (χ3v) is 7.85. The van der Waals surface area contributed by atoms with Crippen LogP contribution in [0.25, 0.3) is 0 Å². The van der Waals surface area contributed by atoms with Gasteiger partial charge in [0.1, 0.15) is 13.2 Å². The summed E-state index contributed by atoms with van der Waals surface area (Å²) in [5, 5.41) is 0. The lowest BCUT2D eigenvalue weighted by atomic mass is 9.83. The van der Waals surface area contributed by atoms with Crippen LogP contribution in [-0.2, 0) is 26.2 Å². The molecule has 0 bridgehead atoms. The lowest BCUT2D eigenvalue weighted by Crippen LogP contribution is -2.50. The summed E-state index contributed by atoms with van der Waals surface area (Å²) in [6, 6.07) is 23.6. The first-order chi connectivity index (χ1) is 17.0. The van der Waals surface area contributed by atoms with E-state index in [-0.39, 0.29) is 23.7 Å². The number of hydrogen-bond donors (Lipinski definition) is 0. The van der Waals surface area contributed by atoms with E-state index in [2.05, 4.69) is 0 Å². The van der Waals surface area contributed by atoms with E-state index in [1.807, 2.05) is 64.1 Å². The maximum absolute atomic E-state index is 13.9. The topological polar surface area (TPSA) is 80.8 Å². The van der Waals surface area contributed by atoms with E-state index in [0.29, 0.717) is 5.56 Å². The van der Waals surface area contributed by atoms with Gasteiger partial charge in [-0.1, -0.05) is 99.1 Å². The summed E-state index contributed by atoms with van der Waals surface area (Å²) in [7, 11) is -4.13. The predicted octanol–water partition coefficient (Wildman–Crippen LogP) is 5.42. The molecule has 0 fully saturated rings. The van der Waals surface area contributed by atoms with Gasteiger partial charge in [-0.2, -0.15) is 4.31 Å². The Bertz CT molecular complexity index is 1260. The molecule has 0 N–H and O–H groups in total. The fourth-order valence-electron chi connectivity index (χ4n) is 3.88. The van der Waals surface area contributed by atoms with Gasteiger partial charge in [0.25, 0.3) is 0 Å².